The molecule has 0 unspecified atom stereocenters. The predicted molar refractivity (Wildman–Crippen MR) is 40.3 cm³/mol. The Bertz CT molecular complexity index is 218. The summed E-state index contributed by atoms with van der Waals surface area (Å²) < 4.78 is 0. The first-order valence-corrected chi connectivity index (χ1v) is 3.23. The van der Waals surface area contributed by atoms with E-state index in [0.29, 0.717) is 0 Å². The van der Waals surface area contributed by atoms with Crippen molar-refractivity contribution in [3.63, 3.8) is 0 Å². The summed E-state index contributed by atoms with van der Waals surface area (Å²) in [5.41, 5.74) is 0. The molecule has 0 saturated heterocycles. The standard InChI is InChI=1S/C7H9NO4/c1-2-8-5(7(11)12)3-4-6(9)10/h1,5,8H,3-4H2,(H,9,10)(H,11,12)/t5-/m0/s1. The minimum Gasteiger partial charge on any atom is -0.481 e. The molecule has 0 radical (unpaired) electrons. The van der Waals surface area contributed by atoms with Gasteiger partial charge >= 0.3 is 11.9 Å². The second kappa shape index (κ2) is 5.02. The van der Waals surface area contributed by atoms with E-state index >= 15 is 0 Å². The zero-order chi connectivity index (χ0) is 9.56. The highest BCUT2D eigenvalue weighted by molar-refractivity contribution is 5.75. The number of carboxylic acids is 2. The molecule has 66 valence electrons. The minimum atomic E-state index is -1.14. The highest BCUT2D eigenvalue weighted by Gasteiger charge is 2.16. The fourth-order valence-corrected chi connectivity index (χ4v) is 0.626. The van der Waals surface area contributed by atoms with Crippen LogP contribution in [0.2, 0.25) is 0 Å². The summed E-state index contributed by atoms with van der Waals surface area (Å²) in [5.74, 6) is -2.19. The van der Waals surface area contributed by atoms with Gasteiger partial charge in [-0.3, -0.25) is 4.79 Å². The fourth-order valence-electron chi connectivity index (χ4n) is 0.626. The van der Waals surface area contributed by atoms with Crippen molar-refractivity contribution in [2.24, 2.45) is 0 Å². The molecule has 0 aliphatic heterocycles. The summed E-state index contributed by atoms with van der Waals surface area (Å²) in [7, 11) is 0. The lowest BCUT2D eigenvalue weighted by Gasteiger charge is -2.08. The van der Waals surface area contributed by atoms with E-state index in [-0.39, 0.29) is 12.8 Å². The van der Waals surface area contributed by atoms with Crippen molar-refractivity contribution in [1.82, 2.24) is 5.32 Å². The summed E-state index contributed by atoms with van der Waals surface area (Å²) in [6.07, 6.45) is 4.57. The van der Waals surface area contributed by atoms with Crippen LogP contribution in [0.3, 0.4) is 0 Å². The van der Waals surface area contributed by atoms with Crippen LogP contribution in [0.25, 0.3) is 0 Å². The van der Waals surface area contributed by atoms with Crippen molar-refractivity contribution in [1.29, 1.82) is 0 Å². The third kappa shape index (κ3) is 4.17. The molecule has 0 aromatic heterocycles. The van der Waals surface area contributed by atoms with E-state index in [1.807, 2.05) is 6.04 Å². The second-order valence-corrected chi connectivity index (χ2v) is 2.11. The van der Waals surface area contributed by atoms with Crippen LogP contribution < -0.4 is 5.32 Å². The molecule has 5 heteroatoms. The average molecular weight is 171 g/mol. The Morgan fingerprint density at radius 3 is 2.42 bits per heavy atom. The molecule has 12 heavy (non-hydrogen) atoms. The Morgan fingerprint density at radius 1 is 1.50 bits per heavy atom. The van der Waals surface area contributed by atoms with Gasteiger partial charge in [0, 0.05) is 12.5 Å². The van der Waals surface area contributed by atoms with Gasteiger partial charge in [-0.1, -0.05) is 6.42 Å². The monoisotopic (exact) mass is 171 g/mol. The molecule has 0 aliphatic rings. The lowest BCUT2D eigenvalue weighted by Crippen LogP contribution is -2.33. The molecule has 0 spiro atoms. The van der Waals surface area contributed by atoms with E-state index in [4.69, 9.17) is 16.6 Å². The number of hydrogen-bond donors (Lipinski definition) is 3. The van der Waals surface area contributed by atoms with Gasteiger partial charge in [-0.15, -0.1) is 0 Å². The van der Waals surface area contributed by atoms with Crippen molar-refractivity contribution in [3.8, 4) is 12.5 Å². The lowest BCUT2D eigenvalue weighted by atomic mass is 10.1. The van der Waals surface area contributed by atoms with Gasteiger partial charge in [0.2, 0.25) is 0 Å². The van der Waals surface area contributed by atoms with Crippen LogP contribution in [0.5, 0.6) is 0 Å². The van der Waals surface area contributed by atoms with Gasteiger partial charge in [-0.2, -0.15) is 0 Å². The number of aliphatic carboxylic acids is 2. The highest BCUT2D eigenvalue weighted by atomic mass is 16.4. The molecule has 0 heterocycles. The Kier molecular flexibility index (Phi) is 4.31. The van der Waals surface area contributed by atoms with E-state index in [1.54, 1.807) is 0 Å². The zero-order valence-electron chi connectivity index (χ0n) is 6.28. The van der Waals surface area contributed by atoms with Crippen LogP contribution in [-0.4, -0.2) is 28.2 Å². The predicted octanol–water partition coefficient (Wildman–Crippen LogP) is -0.515. The summed E-state index contributed by atoms with van der Waals surface area (Å²) in [5, 5.41) is 18.9. The largest absolute Gasteiger partial charge is 0.481 e. The number of carbonyl (C=O) groups is 2. The van der Waals surface area contributed by atoms with Crippen molar-refractivity contribution >= 4 is 11.9 Å². The first-order chi connectivity index (χ1) is 5.57. The van der Waals surface area contributed by atoms with Crippen LogP contribution in [0.15, 0.2) is 0 Å². The molecule has 0 amide bonds. The molecule has 0 fully saturated rings. The third-order valence-electron chi connectivity index (χ3n) is 1.20. The average Bonchev–Trinajstić information content (AvgIpc) is 1.96. The van der Waals surface area contributed by atoms with Crippen molar-refractivity contribution < 1.29 is 19.8 Å². The third-order valence-corrected chi connectivity index (χ3v) is 1.20. The SMILES string of the molecule is C#CN[C@@H](CCC(=O)O)C(=O)O. The van der Waals surface area contributed by atoms with E-state index < -0.39 is 18.0 Å². The summed E-state index contributed by atoms with van der Waals surface area (Å²) >= 11 is 0. The minimum absolute atomic E-state index is 0.0190. The van der Waals surface area contributed by atoms with Gasteiger partial charge < -0.3 is 15.5 Å². The summed E-state index contributed by atoms with van der Waals surface area (Å²) in [6, 6.07) is 0.969. The highest BCUT2D eigenvalue weighted by Crippen LogP contribution is 1.96. The van der Waals surface area contributed by atoms with E-state index in [0.717, 1.165) is 0 Å². The van der Waals surface area contributed by atoms with Crippen LogP contribution in [0, 0.1) is 12.5 Å². The topological polar surface area (TPSA) is 86.6 Å². The molecule has 0 bridgehead atoms. The van der Waals surface area contributed by atoms with E-state index in [9.17, 15) is 9.59 Å². The van der Waals surface area contributed by atoms with Gasteiger partial charge in [-0.25, -0.2) is 4.79 Å². The molecule has 0 saturated carbocycles. The smallest absolute Gasteiger partial charge is 0.326 e. The van der Waals surface area contributed by atoms with E-state index in [2.05, 4.69) is 5.32 Å². The van der Waals surface area contributed by atoms with Crippen molar-refractivity contribution in [3.05, 3.63) is 0 Å². The molecule has 1 atom stereocenters. The Labute approximate surface area is 69.4 Å². The summed E-state index contributed by atoms with van der Waals surface area (Å²) in [4.78, 5) is 20.4. The number of hydrogen-bond acceptors (Lipinski definition) is 3. The number of nitrogens with one attached hydrogen (secondary N) is 1. The quantitative estimate of drug-likeness (QED) is 0.383. The summed E-state index contributed by atoms with van der Waals surface area (Å²) in [6.45, 7) is 0. The number of carboxylic acid groups (broad SMARTS) is 2. The van der Waals surface area contributed by atoms with Crippen LogP contribution in [0.1, 0.15) is 12.8 Å². The van der Waals surface area contributed by atoms with Gasteiger partial charge in [0.1, 0.15) is 6.04 Å². The maximum absolute atomic E-state index is 10.4. The Balaban J connectivity index is 3.89. The lowest BCUT2D eigenvalue weighted by molar-refractivity contribution is -0.140. The first-order valence-electron chi connectivity index (χ1n) is 3.23. The molecular weight excluding hydrogens is 162 g/mol. The maximum Gasteiger partial charge on any atom is 0.326 e. The van der Waals surface area contributed by atoms with Crippen molar-refractivity contribution in [2.75, 3.05) is 0 Å². The first kappa shape index (κ1) is 10.3. The molecule has 0 aliphatic carbocycles. The molecule has 0 aromatic rings. The van der Waals surface area contributed by atoms with Crippen LogP contribution in [-0.2, 0) is 9.59 Å². The number of rotatable bonds is 5. The molecule has 5 nitrogen and oxygen atoms in total. The number of terminal acetylenes is 1. The van der Waals surface area contributed by atoms with Crippen LogP contribution >= 0.6 is 0 Å². The molecule has 0 aromatic carbocycles. The molecular formula is C7H9NO4. The normalized spacial score (nSPS) is 11.2. The van der Waals surface area contributed by atoms with Crippen molar-refractivity contribution in [2.45, 2.75) is 18.9 Å². The Hall–Kier alpha value is -1.70. The van der Waals surface area contributed by atoms with Gasteiger partial charge in [0.15, 0.2) is 0 Å². The second-order valence-electron chi connectivity index (χ2n) is 2.11. The molecule has 3 N–H and O–H groups in total. The van der Waals surface area contributed by atoms with Gasteiger partial charge in [0.05, 0.1) is 0 Å². The van der Waals surface area contributed by atoms with Gasteiger partial charge in [0.25, 0.3) is 0 Å². The Morgan fingerprint density at radius 2 is 2.08 bits per heavy atom. The molecule has 0 rings (SSSR count). The van der Waals surface area contributed by atoms with E-state index in [1.165, 1.54) is 0 Å². The fraction of sp³-hybridized carbons (Fsp3) is 0.429. The zero-order valence-corrected chi connectivity index (χ0v) is 6.28. The maximum atomic E-state index is 10.4. The van der Waals surface area contributed by atoms with Gasteiger partial charge in [-0.05, 0) is 6.42 Å². The van der Waals surface area contributed by atoms with Crippen LogP contribution in [0.4, 0.5) is 0 Å².